The van der Waals surface area contributed by atoms with Gasteiger partial charge in [-0.2, -0.15) is 4.39 Å². The van der Waals surface area contributed by atoms with Crippen LogP contribution in [0.5, 0.6) is 5.75 Å². The van der Waals surface area contributed by atoms with Crippen LogP contribution in [-0.2, 0) is 16.3 Å². The molecular weight excluding hydrogens is 348 g/mol. The van der Waals surface area contributed by atoms with E-state index in [4.69, 9.17) is 10.5 Å². The molecule has 0 heterocycles. The van der Waals surface area contributed by atoms with Gasteiger partial charge in [-0.3, -0.25) is 5.73 Å². The van der Waals surface area contributed by atoms with Crippen molar-refractivity contribution in [3.8, 4) is 5.75 Å². The van der Waals surface area contributed by atoms with Gasteiger partial charge in [-0.1, -0.05) is 30.3 Å². The topological polar surface area (TPSA) is 69.4 Å². The average Bonchev–Trinajstić information content (AvgIpc) is 2.60. The molecule has 0 radical (unpaired) electrons. The number of nitrogens with two attached hydrogens (primary N) is 1. The Balaban J connectivity index is 1.98. The van der Waals surface area contributed by atoms with Crippen LogP contribution < -0.4 is 10.5 Å². The van der Waals surface area contributed by atoms with Crippen molar-refractivity contribution < 1.29 is 21.9 Å². The van der Waals surface area contributed by atoms with Crippen molar-refractivity contribution in [3.63, 3.8) is 0 Å². The van der Waals surface area contributed by atoms with Crippen LogP contribution in [0.25, 0.3) is 0 Å². The van der Waals surface area contributed by atoms with Crippen molar-refractivity contribution in [2.75, 3.05) is 5.75 Å². The van der Waals surface area contributed by atoms with Crippen LogP contribution in [0.3, 0.4) is 0 Å². The van der Waals surface area contributed by atoms with Crippen molar-refractivity contribution in [2.45, 2.75) is 24.0 Å². The van der Waals surface area contributed by atoms with E-state index in [2.05, 4.69) is 0 Å². The number of halogens is 2. The molecule has 0 bridgehead atoms. The molecule has 0 aliphatic carbocycles. The highest BCUT2D eigenvalue weighted by Gasteiger charge is 2.15. The summed E-state index contributed by atoms with van der Waals surface area (Å²) >= 11 is 0. The molecule has 0 aromatic heterocycles. The first kappa shape index (κ1) is 19.1. The van der Waals surface area contributed by atoms with E-state index in [9.17, 15) is 17.2 Å². The second-order valence-electron chi connectivity index (χ2n) is 5.32. The standard InChI is InChI=1S/C18H19F2NO3S/c19-17(21)10-11-18(20)24-15-6-8-16(9-7-15)25(22,23)13-12-14-4-2-1-3-5-14/h1-11,17-18H,12-13,21H2. The third-order valence-corrected chi connectivity index (χ3v) is 5.11. The van der Waals surface area contributed by atoms with Gasteiger partial charge in [0.15, 0.2) is 16.1 Å². The molecule has 2 N–H and O–H groups in total. The van der Waals surface area contributed by atoms with E-state index in [1.807, 2.05) is 30.3 Å². The number of sulfone groups is 1. The van der Waals surface area contributed by atoms with Gasteiger partial charge in [-0.15, -0.1) is 0 Å². The van der Waals surface area contributed by atoms with Crippen molar-refractivity contribution in [1.82, 2.24) is 0 Å². The third-order valence-electron chi connectivity index (χ3n) is 3.38. The summed E-state index contributed by atoms with van der Waals surface area (Å²) < 4.78 is 55.4. The molecule has 2 atom stereocenters. The van der Waals surface area contributed by atoms with Crippen molar-refractivity contribution in [2.24, 2.45) is 5.73 Å². The molecular formula is C18H19F2NO3S. The molecule has 0 saturated carbocycles. The molecule has 7 heteroatoms. The molecule has 2 rings (SSSR count). The first-order chi connectivity index (χ1) is 11.9. The lowest BCUT2D eigenvalue weighted by atomic mass is 10.2. The summed E-state index contributed by atoms with van der Waals surface area (Å²) in [4.78, 5) is 0.132. The van der Waals surface area contributed by atoms with Gasteiger partial charge in [0.1, 0.15) is 5.75 Å². The number of ether oxygens (including phenoxy) is 1. The Morgan fingerprint density at radius 2 is 1.64 bits per heavy atom. The first-order valence-electron chi connectivity index (χ1n) is 7.62. The van der Waals surface area contributed by atoms with Gasteiger partial charge in [-0.25, -0.2) is 12.8 Å². The Morgan fingerprint density at radius 1 is 1.00 bits per heavy atom. The number of alkyl halides is 2. The summed E-state index contributed by atoms with van der Waals surface area (Å²) in [6.07, 6.45) is -1.56. The Bertz CT molecular complexity index is 791. The number of benzene rings is 2. The zero-order valence-electron chi connectivity index (χ0n) is 13.4. The van der Waals surface area contributed by atoms with Gasteiger partial charge in [0.25, 0.3) is 6.36 Å². The zero-order chi connectivity index (χ0) is 18.3. The Hall–Kier alpha value is -2.25. The van der Waals surface area contributed by atoms with Gasteiger partial charge in [0.05, 0.1) is 10.6 Å². The van der Waals surface area contributed by atoms with Crippen LogP contribution >= 0.6 is 0 Å². The molecule has 0 fully saturated rings. The second kappa shape index (κ2) is 8.73. The van der Waals surface area contributed by atoms with Crippen LogP contribution in [-0.4, -0.2) is 26.8 Å². The fourth-order valence-electron chi connectivity index (χ4n) is 2.10. The van der Waals surface area contributed by atoms with E-state index < -0.39 is 22.5 Å². The quantitative estimate of drug-likeness (QED) is 0.575. The monoisotopic (exact) mass is 367 g/mol. The van der Waals surface area contributed by atoms with Gasteiger partial charge >= 0.3 is 0 Å². The number of aryl methyl sites for hydroxylation is 1. The van der Waals surface area contributed by atoms with E-state index in [1.165, 1.54) is 24.3 Å². The summed E-state index contributed by atoms with van der Waals surface area (Å²) in [5, 5.41) is 0. The van der Waals surface area contributed by atoms with Crippen LogP contribution in [0.2, 0.25) is 0 Å². The lowest BCUT2D eigenvalue weighted by Crippen LogP contribution is -2.12. The van der Waals surface area contributed by atoms with Crippen LogP contribution in [0.15, 0.2) is 71.6 Å². The fraction of sp³-hybridized carbons (Fsp3) is 0.222. The minimum absolute atomic E-state index is 0.0277. The molecule has 0 aliphatic rings. The van der Waals surface area contributed by atoms with Gasteiger partial charge in [0, 0.05) is 0 Å². The molecule has 0 amide bonds. The molecule has 25 heavy (non-hydrogen) atoms. The van der Waals surface area contributed by atoms with E-state index in [1.54, 1.807) is 0 Å². The predicted octanol–water partition coefficient (Wildman–Crippen LogP) is 3.19. The van der Waals surface area contributed by atoms with E-state index >= 15 is 0 Å². The Kier molecular flexibility index (Phi) is 6.66. The average molecular weight is 367 g/mol. The summed E-state index contributed by atoms with van der Waals surface area (Å²) in [6, 6.07) is 14.7. The molecule has 2 aromatic rings. The maximum atomic E-state index is 13.4. The fourth-order valence-corrected chi connectivity index (χ4v) is 3.39. The van der Waals surface area contributed by atoms with E-state index in [-0.39, 0.29) is 16.4 Å². The largest absolute Gasteiger partial charge is 0.457 e. The van der Waals surface area contributed by atoms with Crippen LogP contribution in [0.1, 0.15) is 5.56 Å². The highest BCUT2D eigenvalue weighted by molar-refractivity contribution is 7.91. The first-order valence-corrected chi connectivity index (χ1v) is 9.27. The molecule has 2 aromatic carbocycles. The van der Waals surface area contributed by atoms with Gasteiger partial charge in [-0.05, 0) is 48.4 Å². The lowest BCUT2D eigenvalue weighted by Gasteiger charge is -2.09. The minimum atomic E-state index is -3.45. The van der Waals surface area contributed by atoms with Crippen LogP contribution in [0, 0.1) is 0 Å². The highest BCUT2D eigenvalue weighted by atomic mass is 32.2. The van der Waals surface area contributed by atoms with Crippen molar-refractivity contribution in [3.05, 3.63) is 72.3 Å². The lowest BCUT2D eigenvalue weighted by molar-refractivity contribution is 0.113. The van der Waals surface area contributed by atoms with E-state index in [0.717, 1.165) is 17.7 Å². The second-order valence-corrected chi connectivity index (χ2v) is 7.43. The molecule has 2 unspecified atom stereocenters. The Labute approximate surface area is 145 Å². The highest BCUT2D eigenvalue weighted by Crippen LogP contribution is 2.19. The molecule has 0 spiro atoms. The van der Waals surface area contributed by atoms with E-state index in [0.29, 0.717) is 6.42 Å². The van der Waals surface area contributed by atoms with Crippen LogP contribution in [0.4, 0.5) is 8.78 Å². The van der Waals surface area contributed by atoms with Gasteiger partial charge < -0.3 is 4.74 Å². The zero-order valence-corrected chi connectivity index (χ0v) is 14.2. The predicted molar refractivity (Wildman–Crippen MR) is 92.4 cm³/mol. The molecule has 4 nitrogen and oxygen atoms in total. The number of hydrogen-bond acceptors (Lipinski definition) is 4. The van der Waals surface area contributed by atoms with Crippen molar-refractivity contribution >= 4 is 9.84 Å². The maximum Gasteiger partial charge on any atom is 0.257 e. The Morgan fingerprint density at radius 3 is 2.24 bits per heavy atom. The number of rotatable bonds is 8. The maximum absolute atomic E-state index is 13.4. The summed E-state index contributed by atoms with van der Waals surface area (Å²) in [5.74, 6) is 0.103. The molecule has 134 valence electrons. The SMILES string of the molecule is NC(F)C=CC(F)Oc1ccc(S(=O)(=O)CCc2ccccc2)cc1. The smallest absolute Gasteiger partial charge is 0.257 e. The third kappa shape index (κ3) is 6.28. The summed E-state index contributed by atoms with van der Waals surface area (Å²) in [7, 11) is -3.45. The van der Waals surface area contributed by atoms with Gasteiger partial charge in [0.2, 0.25) is 0 Å². The normalized spacial score (nSPS) is 14.4. The molecule has 0 saturated heterocycles. The molecule has 0 aliphatic heterocycles. The van der Waals surface area contributed by atoms with Crippen molar-refractivity contribution in [1.29, 1.82) is 0 Å². The summed E-state index contributed by atoms with van der Waals surface area (Å²) in [6.45, 7) is 0. The number of hydrogen-bond donors (Lipinski definition) is 1. The minimum Gasteiger partial charge on any atom is -0.457 e. The summed E-state index contributed by atoms with van der Waals surface area (Å²) in [5.41, 5.74) is 5.76.